The van der Waals surface area contributed by atoms with Crippen molar-refractivity contribution in [2.45, 2.75) is 39.7 Å². The molecule has 2 aromatic carbocycles. The van der Waals surface area contributed by atoms with Crippen molar-refractivity contribution in [2.24, 2.45) is 0 Å². The molecule has 0 bridgehead atoms. The number of hydrogen-bond donors (Lipinski definition) is 2. The number of aliphatic hydroxyl groups excluding tert-OH is 2. The van der Waals surface area contributed by atoms with Crippen LogP contribution in [0.4, 0.5) is 26.3 Å². The minimum Gasteiger partial charge on any atom is -0.540 e. The first-order valence-electron chi connectivity index (χ1n) is 10.9. The zero-order chi connectivity index (χ0) is 28.8. The van der Waals surface area contributed by atoms with Crippen LogP contribution in [0, 0.1) is 13.0 Å². The number of nitrogens with zero attached hydrogens (tertiary/aromatic N) is 1. The van der Waals surface area contributed by atoms with Crippen molar-refractivity contribution >= 4 is 5.78 Å². The summed E-state index contributed by atoms with van der Waals surface area (Å²) in [7, 11) is 1.40. The van der Waals surface area contributed by atoms with Crippen molar-refractivity contribution in [3.8, 4) is 28.1 Å². The van der Waals surface area contributed by atoms with Crippen LogP contribution in [0.15, 0.2) is 54.4 Å². The van der Waals surface area contributed by atoms with Crippen LogP contribution in [0.5, 0.6) is 5.75 Å². The van der Waals surface area contributed by atoms with E-state index in [2.05, 4.69) is 11.1 Å². The Morgan fingerprint density at radius 2 is 1.62 bits per heavy atom. The Hall–Kier alpha value is -3.21. The number of pyridine rings is 1. The molecule has 0 amide bonds. The molecule has 0 spiro atoms. The van der Waals surface area contributed by atoms with Crippen molar-refractivity contribution in [3.05, 3.63) is 82.8 Å². The quantitative estimate of drug-likeness (QED) is 0.127. The molecule has 0 saturated carbocycles. The molecule has 3 rings (SSSR count). The normalized spacial score (nSPS) is 11.7. The fourth-order valence-corrected chi connectivity index (χ4v) is 3.56. The van der Waals surface area contributed by atoms with Gasteiger partial charge in [-0.2, -0.15) is 26.3 Å². The Morgan fingerprint density at radius 1 is 1.05 bits per heavy atom. The molecule has 0 unspecified atom stereocenters. The number of ether oxygens (including phenoxy) is 1. The van der Waals surface area contributed by atoms with E-state index in [-0.39, 0.29) is 54.0 Å². The summed E-state index contributed by atoms with van der Waals surface area (Å²) in [6.07, 6.45) is -7.73. The van der Waals surface area contributed by atoms with E-state index >= 15 is 0 Å². The number of alkyl halides is 6. The van der Waals surface area contributed by atoms with Crippen molar-refractivity contribution in [3.63, 3.8) is 0 Å². The van der Waals surface area contributed by atoms with E-state index in [1.54, 1.807) is 0 Å². The topological polar surface area (TPSA) is 79.7 Å². The van der Waals surface area contributed by atoms with Gasteiger partial charge in [0, 0.05) is 50.3 Å². The third-order valence-electron chi connectivity index (χ3n) is 5.01. The Kier molecular flexibility index (Phi) is 11.9. The molecule has 0 atom stereocenters. The molecule has 213 valence electrons. The maximum absolute atomic E-state index is 13.7. The zero-order valence-corrected chi connectivity index (χ0v) is 23.5. The Morgan fingerprint density at radius 3 is 2.03 bits per heavy atom. The molecule has 0 aliphatic heterocycles. The molecule has 2 N–H and O–H groups in total. The average molecular weight is 733 g/mol. The van der Waals surface area contributed by atoms with E-state index in [4.69, 9.17) is 9.84 Å². The monoisotopic (exact) mass is 733 g/mol. The number of aromatic nitrogens is 1. The number of rotatable bonds is 5. The van der Waals surface area contributed by atoms with E-state index in [9.17, 15) is 36.2 Å². The van der Waals surface area contributed by atoms with E-state index in [1.165, 1.54) is 46.1 Å². The van der Waals surface area contributed by atoms with Crippen LogP contribution in [0.3, 0.4) is 0 Å². The largest absolute Gasteiger partial charge is 0.540 e. The van der Waals surface area contributed by atoms with Crippen LogP contribution in [-0.2, 0) is 43.9 Å². The molecule has 1 heterocycles. The second-order valence-electron chi connectivity index (χ2n) is 8.15. The zero-order valence-electron chi connectivity index (χ0n) is 21.1. The molecule has 1 radical (unpaired) electrons. The van der Waals surface area contributed by atoms with Gasteiger partial charge in [0.25, 0.3) is 0 Å². The van der Waals surface area contributed by atoms with Gasteiger partial charge in [-0.05, 0) is 55.8 Å². The second kappa shape index (κ2) is 13.7. The van der Waals surface area contributed by atoms with Gasteiger partial charge in [-0.25, -0.2) is 0 Å². The van der Waals surface area contributed by atoms with Gasteiger partial charge in [-0.3, -0.25) is 4.79 Å². The average Bonchev–Trinajstić information content (AvgIpc) is 2.81. The molecule has 12 heteroatoms. The smallest absolute Gasteiger partial charge is 0.417 e. The summed E-state index contributed by atoms with van der Waals surface area (Å²) in [6, 6.07) is 9.29. The van der Waals surface area contributed by atoms with E-state index in [0.717, 1.165) is 18.3 Å². The van der Waals surface area contributed by atoms with E-state index in [1.807, 2.05) is 0 Å². The number of aliphatic hydroxyl groups is 2. The van der Waals surface area contributed by atoms with Crippen LogP contribution in [-0.4, -0.2) is 28.1 Å². The Balaban J connectivity index is 0.000000841. The number of benzene rings is 2. The van der Waals surface area contributed by atoms with Crippen molar-refractivity contribution in [1.82, 2.24) is 4.98 Å². The fourth-order valence-electron chi connectivity index (χ4n) is 3.56. The van der Waals surface area contributed by atoms with Gasteiger partial charge in [0.15, 0.2) is 5.78 Å². The van der Waals surface area contributed by atoms with Gasteiger partial charge in [0.05, 0.1) is 24.0 Å². The fraction of sp³-hybridized carbons (Fsp3) is 0.259. The van der Waals surface area contributed by atoms with Gasteiger partial charge in [0.2, 0.25) is 0 Å². The van der Waals surface area contributed by atoms with Crippen LogP contribution in [0.1, 0.15) is 36.1 Å². The molecule has 0 fully saturated rings. The number of methoxy groups -OCH3 is 1. The number of carbonyl (C=O) groups is 1. The maximum atomic E-state index is 13.7. The number of carbonyl (C=O) groups excluding carboxylic acids is 1. The first-order valence-corrected chi connectivity index (χ1v) is 10.9. The summed E-state index contributed by atoms with van der Waals surface area (Å²) in [5.74, 6) is 0.314. The first-order chi connectivity index (χ1) is 17.6. The number of hydrogen-bond acceptors (Lipinski definition) is 5. The molecular formula is C27H24F6IrNO4-. The minimum absolute atomic E-state index is 0. The molecule has 39 heavy (non-hydrogen) atoms. The summed E-state index contributed by atoms with van der Waals surface area (Å²) in [6.45, 7) is 3.56. The Labute approximate surface area is 234 Å². The maximum Gasteiger partial charge on any atom is 0.417 e. The molecule has 3 aromatic rings. The Bertz CT molecular complexity index is 1300. The third kappa shape index (κ3) is 9.19. The summed E-state index contributed by atoms with van der Waals surface area (Å²) in [5.41, 5.74) is -3.63. The van der Waals surface area contributed by atoms with Crippen LogP contribution in [0.25, 0.3) is 22.4 Å². The molecule has 0 aliphatic rings. The predicted octanol–water partition coefficient (Wildman–Crippen LogP) is 7.10. The second-order valence-corrected chi connectivity index (χ2v) is 8.15. The van der Waals surface area contributed by atoms with Crippen LogP contribution >= 0.6 is 0 Å². The molecular weight excluding hydrogens is 709 g/mol. The van der Waals surface area contributed by atoms with Crippen molar-refractivity contribution in [1.29, 1.82) is 0 Å². The molecule has 5 nitrogen and oxygen atoms in total. The van der Waals surface area contributed by atoms with Gasteiger partial charge < -0.3 is 19.9 Å². The number of halogens is 6. The standard InChI is InChI=1S/C22H16F6NO2.C5H8O2.Ir/c1-12-7-17(21(23,24)25)20(18(8-12)22(26,27)28)13-5-6-29-19(10-13)16-4-3-15(31-2)9-14(16)11-30;1-4(6)3-5(2)7;/h3,5-10,30H,11H2,1-2H3;3,6H,1-2H3;/q-1;;/b;4-3-;. The summed E-state index contributed by atoms with van der Waals surface area (Å²) >= 11 is 0. The first kappa shape index (κ1) is 33.8. The van der Waals surface area contributed by atoms with E-state index < -0.39 is 35.6 Å². The SMILES string of the molecule is CC(=O)/C=C(/C)O.COc1c[c-]c(-c2cc(-c3c(C(F)(F)F)cc(C)cc3C(F)(F)F)ccn2)c(CO)c1.[Ir]. The predicted molar refractivity (Wildman–Crippen MR) is 128 cm³/mol. The van der Waals surface area contributed by atoms with Crippen LogP contribution < -0.4 is 4.74 Å². The molecule has 0 saturated heterocycles. The molecule has 1 aromatic heterocycles. The van der Waals surface area contributed by atoms with Gasteiger partial charge >= 0.3 is 12.4 Å². The molecule has 0 aliphatic carbocycles. The number of ketones is 1. The third-order valence-corrected chi connectivity index (χ3v) is 5.01. The van der Waals surface area contributed by atoms with Gasteiger partial charge in [-0.1, -0.05) is 17.7 Å². The summed E-state index contributed by atoms with van der Waals surface area (Å²) in [5, 5.41) is 18.0. The number of aryl methyl sites for hydroxylation is 1. The van der Waals surface area contributed by atoms with Crippen LogP contribution in [0.2, 0.25) is 0 Å². The van der Waals surface area contributed by atoms with Crippen molar-refractivity contribution in [2.75, 3.05) is 7.11 Å². The van der Waals surface area contributed by atoms with Gasteiger partial charge in [0.1, 0.15) is 0 Å². The van der Waals surface area contributed by atoms with Crippen molar-refractivity contribution < 1.29 is 66.2 Å². The minimum atomic E-state index is -5.01. The summed E-state index contributed by atoms with van der Waals surface area (Å²) < 4.78 is 87.1. The summed E-state index contributed by atoms with van der Waals surface area (Å²) in [4.78, 5) is 14.1. The van der Waals surface area contributed by atoms with E-state index in [0.29, 0.717) is 23.4 Å². The van der Waals surface area contributed by atoms with Gasteiger partial charge in [-0.15, -0.1) is 17.7 Å². The number of allylic oxidation sites excluding steroid dienone is 2.